The van der Waals surface area contributed by atoms with Crippen LogP contribution in [0, 0.1) is 3.70 Å². The van der Waals surface area contributed by atoms with Gasteiger partial charge in [-0.3, -0.25) is 5.32 Å². The Hall–Kier alpha value is -2.43. The van der Waals surface area contributed by atoms with Crippen LogP contribution in [-0.4, -0.2) is 30.9 Å². The second kappa shape index (κ2) is 5.16. The zero-order valence-corrected chi connectivity index (χ0v) is 12.6. The summed E-state index contributed by atoms with van der Waals surface area (Å²) in [6.07, 6.45) is 0.0938. The van der Waals surface area contributed by atoms with E-state index < -0.39 is 6.09 Å². The van der Waals surface area contributed by atoms with Gasteiger partial charge in [0.2, 0.25) is 0 Å². The summed E-state index contributed by atoms with van der Waals surface area (Å²) < 4.78 is 2.19. The largest absolute Gasteiger partial charge is 0.465 e. The third-order valence-corrected chi connectivity index (χ3v) is 3.52. The first kappa shape index (κ1) is 13.5. The number of aromatic nitrogens is 4. The molecular weight excluding hydrogens is 387 g/mol. The summed E-state index contributed by atoms with van der Waals surface area (Å²) in [6.45, 7) is 0. The molecule has 2 aromatic heterocycles. The molecule has 0 atom stereocenters. The normalized spacial score (nSPS) is 10.7. The first-order valence-electron chi connectivity index (χ1n) is 5.81. The molecule has 106 valence electrons. The molecule has 0 aliphatic heterocycles. The van der Waals surface area contributed by atoms with E-state index in [1.165, 1.54) is 6.33 Å². The predicted molar refractivity (Wildman–Crippen MR) is 85.4 cm³/mol. The lowest BCUT2D eigenvalue weighted by atomic mass is 10.3. The Kier molecular flexibility index (Phi) is 3.33. The summed E-state index contributed by atoms with van der Waals surface area (Å²) >= 11 is 2.01. The average Bonchev–Trinajstić information content (AvgIpc) is 2.77. The van der Waals surface area contributed by atoms with Crippen LogP contribution in [0.3, 0.4) is 0 Å². The molecule has 0 bridgehead atoms. The lowest BCUT2D eigenvalue weighted by molar-refractivity contribution is 0.209. The Balaban J connectivity index is 2.25. The Morgan fingerprint density at radius 1 is 1.38 bits per heavy atom. The highest BCUT2D eigenvalue weighted by molar-refractivity contribution is 14.1. The smallest absolute Gasteiger partial charge is 0.410 e. The lowest BCUT2D eigenvalue weighted by Gasteiger charge is -2.04. The standard InChI is InChI=1S/C12H9IN6O2/c13-9-8-10(17-12(20)21)15-5-16-11(8)19(18-9)7-3-1-2-6(14)4-7/h1-5H,14H2,(H,20,21)(H,15,16,17). The second-order valence-corrected chi connectivity index (χ2v) is 5.17. The van der Waals surface area contributed by atoms with E-state index in [9.17, 15) is 4.79 Å². The van der Waals surface area contributed by atoms with Crippen molar-refractivity contribution in [2.45, 2.75) is 0 Å². The number of rotatable bonds is 2. The van der Waals surface area contributed by atoms with Gasteiger partial charge in [0.05, 0.1) is 11.1 Å². The van der Waals surface area contributed by atoms with Crippen molar-refractivity contribution < 1.29 is 9.90 Å². The number of nitrogens with one attached hydrogen (secondary N) is 1. The highest BCUT2D eigenvalue weighted by Gasteiger charge is 2.17. The van der Waals surface area contributed by atoms with E-state index >= 15 is 0 Å². The predicted octanol–water partition coefficient (Wildman–Crippen LogP) is 2.09. The molecule has 21 heavy (non-hydrogen) atoms. The zero-order valence-electron chi connectivity index (χ0n) is 10.5. The maximum Gasteiger partial charge on any atom is 0.410 e. The number of hydrogen-bond donors (Lipinski definition) is 3. The molecule has 0 unspecified atom stereocenters. The Labute approximate surface area is 132 Å². The number of benzene rings is 1. The maximum absolute atomic E-state index is 10.8. The van der Waals surface area contributed by atoms with Crippen molar-refractivity contribution in [3.8, 4) is 5.69 Å². The second-order valence-electron chi connectivity index (χ2n) is 4.15. The van der Waals surface area contributed by atoms with Crippen molar-refractivity contribution in [1.29, 1.82) is 0 Å². The molecule has 3 aromatic rings. The summed E-state index contributed by atoms with van der Waals surface area (Å²) in [6, 6.07) is 7.18. The number of anilines is 2. The van der Waals surface area contributed by atoms with Crippen LogP contribution in [-0.2, 0) is 0 Å². The number of halogens is 1. The fourth-order valence-electron chi connectivity index (χ4n) is 1.94. The van der Waals surface area contributed by atoms with Crippen molar-refractivity contribution in [2.24, 2.45) is 0 Å². The van der Waals surface area contributed by atoms with Crippen LogP contribution in [0.15, 0.2) is 30.6 Å². The molecule has 0 radical (unpaired) electrons. The van der Waals surface area contributed by atoms with Crippen LogP contribution in [0.2, 0.25) is 0 Å². The van der Waals surface area contributed by atoms with Gasteiger partial charge in [-0.15, -0.1) is 0 Å². The van der Waals surface area contributed by atoms with E-state index in [1.807, 2.05) is 34.7 Å². The van der Waals surface area contributed by atoms with Crippen molar-refractivity contribution in [2.75, 3.05) is 11.1 Å². The molecule has 0 saturated heterocycles. The molecule has 0 spiro atoms. The molecule has 0 fully saturated rings. The van der Waals surface area contributed by atoms with Crippen LogP contribution in [0.4, 0.5) is 16.3 Å². The minimum atomic E-state index is -1.19. The number of nitrogen functional groups attached to an aromatic ring is 1. The summed E-state index contributed by atoms with van der Waals surface area (Å²) in [5.74, 6) is 0.201. The number of carboxylic acid groups (broad SMARTS) is 1. The van der Waals surface area contributed by atoms with Gasteiger partial charge in [-0.1, -0.05) is 6.07 Å². The summed E-state index contributed by atoms with van der Waals surface area (Å²) in [7, 11) is 0. The van der Waals surface area contributed by atoms with Gasteiger partial charge in [0.25, 0.3) is 0 Å². The van der Waals surface area contributed by atoms with Gasteiger partial charge in [0.15, 0.2) is 11.5 Å². The Morgan fingerprint density at radius 2 is 2.19 bits per heavy atom. The number of hydrogen-bond acceptors (Lipinski definition) is 5. The topological polar surface area (TPSA) is 119 Å². The molecule has 2 heterocycles. The third kappa shape index (κ3) is 2.46. The molecule has 0 saturated carbocycles. The minimum absolute atomic E-state index is 0.201. The van der Waals surface area contributed by atoms with Crippen LogP contribution < -0.4 is 11.1 Å². The molecular formula is C12H9IN6O2. The Bertz CT molecular complexity index is 847. The molecule has 1 amide bonds. The van der Waals surface area contributed by atoms with Crippen LogP contribution in [0.5, 0.6) is 0 Å². The average molecular weight is 396 g/mol. The van der Waals surface area contributed by atoms with E-state index in [4.69, 9.17) is 10.8 Å². The number of fused-ring (bicyclic) bond motifs is 1. The summed E-state index contributed by atoms with van der Waals surface area (Å²) in [4.78, 5) is 19.0. The molecule has 1 aromatic carbocycles. The first-order chi connectivity index (χ1) is 10.1. The van der Waals surface area contributed by atoms with E-state index in [-0.39, 0.29) is 5.82 Å². The Morgan fingerprint density at radius 3 is 2.90 bits per heavy atom. The highest BCUT2D eigenvalue weighted by atomic mass is 127. The van der Waals surface area contributed by atoms with Gasteiger partial charge in [0.1, 0.15) is 10.0 Å². The van der Waals surface area contributed by atoms with E-state index in [0.717, 1.165) is 5.69 Å². The number of nitrogens with zero attached hydrogens (tertiary/aromatic N) is 4. The van der Waals surface area contributed by atoms with Gasteiger partial charge in [-0.25, -0.2) is 19.4 Å². The molecule has 9 heteroatoms. The van der Waals surface area contributed by atoms with Crippen molar-refractivity contribution in [3.63, 3.8) is 0 Å². The first-order valence-corrected chi connectivity index (χ1v) is 6.89. The fourth-order valence-corrected chi connectivity index (χ4v) is 2.66. The van der Waals surface area contributed by atoms with Crippen molar-refractivity contribution in [3.05, 3.63) is 34.3 Å². The van der Waals surface area contributed by atoms with Crippen LogP contribution in [0.25, 0.3) is 16.7 Å². The third-order valence-electron chi connectivity index (χ3n) is 2.76. The van der Waals surface area contributed by atoms with E-state index in [1.54, 1.807) is 16.8 Å². The lowest BCUT2D eigenvalue weighted by Crippen LogP contribution is -2.09. The summed E-state index contributed by atoms with van der Waals surface area (Å²) in [5.41, 5.74) is 7.62. The van der Waals surface area contributed by atoms with Gasteiger partial charge in [0, 0.05) is 5.69 Å². The van der Waals surface area contributed by atoms with Gasteiger partial charge >= 0.3 is 6.09 Å². The van der Waals surface area contributed by atoms with Gasteiger partial charge in [-0.2, -0.15) is 5.10 Å². The molecule has 0 aliphatic rings. The van der Waals surface area contributed by atoms with Crippen molar-refractivity contribution in [1.82, 2.24) is 19.7 Å². The van der Waals surface area contributed by atoms with Gasteiger partial charge < -0.3 is 10.8 Å². The molecule has 3 rings (SSSR count). The maximum atomic E-state index is 10.8. The van der Waals surface area contributed by atoms with Crippen LogP contribution >= 0.6 is 22.6 Å². The molecule has 0 aliphatic carbocycles. The number of amides is 1. The van der Waals surface area contributed by atoms with Crippen molar-refractivity contribution >= 4 is 51.2 Å². The minimum Gasteiger partial charge on any atom is -0.465 e. The number of nitrogens with two attached hydrogens (primary N) is 1. The summed E-state index contributed by atoms with van der Waals surface area (Å²) in [5, 5.41) is 16.0. The number of carbonyl (C=O) groups is 1. The van der Waals surface area contributed by atoms with Gasteiger partial charge in [-0.05, 0) is 40.8 Å². The van der Waals surface area contributed by atoms with E-state index in [2.05, 4.69) is 20.4 Å². The highest BCUT2D eigenvalue weighted by Crippen LogP contribution is 2.27. The van der Waals surface area contributed by atoms with Crippen LogP contribution in [0.1, 0.15) is 0 Å². The SMILES string of the molecule is Nc1cccc(-n2nc(I)c3c(NC(=O)O)ncnc32)c1. The molecule has 4 N–H and O–H groups in total. The quantitative estimate of drug-likeness (QED) is 0.451. The van der Waals surface area contributed by atoms with E-state index in [0.29, 0.717) is 20.4 Å². The fraction of sp³-hybridized carbons (Fsp3) is 0. The monoisotopic (exact) mass is 396 g/mol. The molecule has 8 nitrogen and oxygen atoms in total. The zero-order chi connectivity index (χ0) is 15.0.